The lowest BCUT2D eigenvalue weighted by Gasteiger charge is -2.10. The maximum absolute atomic E-state index is 5.47. The number of rotatable bonds is 2. The molecule has 0 saturated carbocycles. The van der Waals surface area contributed by atoms with Gasteiger partial charge in [-0.2, -0.15) is 0 Å². The molecule has 44 valence electrons. The van der Waals surface area contributed by atoms with E-state index in [9.17, 15) is 0 Å². The zero-order valence-corrected chi connectivity index (χ0v) is 5.75. The van der Waals surface area contributed by atoms with Crippen molar-refractivity contribution >= 4 is 9.24 Å². The molecule has 0 spiro atoms. The molecule has 0 aliphatic heterocycles. The fourth-order valence-corrected chi connectivity index (χ4v) is 0.372. The van der Waals surface area contributed by atoms with Crippen LogP contribution in [0.25, 0.3) is 0 Å². The van der Waals surface area contributed by atoms with E-state index in [1.165, 1.54) is 0 Å². The number of hydrogen-bond acceptors (Lipinski definition) is 2. The lowest BCUT2D eigenvalue weighted by atomic mass is 10.2. The van der Waals surface area contributed by atoms with Gasteiger partial charge in [-0.15, -0.1) is 9.24 Å². The second-order valence-corrected chi connectivity index (χ2v) is 2.81. The van der Waals surface area contributed by atoms with Crippen LogP contribution in [0.2, 0.25) is 0 Å². The molecule has 0 aromatic rings. The van der Waals surface area contributed by atoms with E-state index in [4.69, 9.17) is 11.5 Å². The van der Waals surface area contributed by atoms with Crippen LogP contribution in [-0.2, 0) is 0 Å². The van der Waals surface area contributed by atoms with Gasteiger partial charge in [-0.3, -0.25) is 0 Å². The van der Waals surface area contributed by atoms with Crippen LogP contribution in [-0.4, -0.2) is 18.2 Å². The highest BCUT2D eigenvalue weighted by Gasteiger charge is 2.02. The highest BCUT2D eigenvalue weighted by Crippen LogP contribution is 1.99. The number of nitrogens with two attached hydrogens (primary N) is 2. The van der Waals surface area contributed by atoms with Crippen molar-refractivity contribution in [3.05, 3.63) is 0 Å². The van der Waals surface area contributed by atoms with Crippen LogP contribution in [0, 0.1) is 0 Å². The highest BCUT2D eigenvalue weighted by atomic mass is 31.0. The molecule has 0 amide bonds. The molecule has 7 heavy (non-hydrogen) atoms. The van der Waals surface area contributed by atoms with E-state index < -0.39 is 0 Å². The predicted molar refractivity (Wildman–Crippen MR) is 36.2 cm³/mol. The molecular weight excluding hydrogens is 107 g/mol. The molecule has 0 saturated heterocycles. The lowest BCUT2D eigenvalue weighted by molar-refractivity contribution is 0.674. The van der Waals surface area contributed by atoms with Gasteiger partial charge >= 0.3 is 0 Å². The highest BCUT2D eigenvalue weighted by molar-refractivity contribution is 7.17. The zero-order chi connectivity index (χ0) is 5.86. The van der Waals surface area contributed by atoms with Gasteiger partial charge in [0.05, 0.1) is 0 Å². The average Bonchev–Trinajstić information content (AvgIpc) is 1.65. The minimum Gasteiger partial charge on any atom is -0.329 e. The first-order valence-electron chi connectivity index (χ1n) is 2.39. The van der Waals surface area contributed by atoms with Gasteiger partial charge in [0.2, 0.25) is 0 Å². The van der Waals surface area contributed by atoms with Gasteiger partial charge in [0.1, 0.15) is 0 Å². The number of hydrogen-bond donors (Lipinski definition) is 2. The van der Waals surface area contributed by atoms with Crippen LogP contribution < -0.4 is 11.5 Å². The fraction of sp³-hybridized carbons (Fsp3) is 1.00. The smallest absolute Gasteiger partial charge is 0.0224 e. The summed E-state index contributed by atoms with van der Waals surface area (Å²) in [6.45, 7) is 2.60. The van der Waals surface area contributed by atoms with Crippen molar-refractivity contribution in [1.29, 1.82) is 0 Å². The third-order valence-electron chi connectivity index (χ3n) is 0.948. The zero-order valence-electron chi connectivity index (χ0n) is 4.59. The van der Waals surface area contributed by atoms with E-state index in [-0.39, 0.29) is 6.04 Å². The van der Waals surface area contributed by atoms with E-state index in [0.29, 0.717) is 12.2 Å². The fourth-order valence-electron chi connectivity index (χ4n) is 0.215. The van der Waals surface area contributed by atoms with Crippen LogP contribution in [0.15, 0.2) is 0 Å². The second kappa shape index (κ2) is 3.36. The predicted octanol–water partition coefficient (Wildman–Crippen LogP) is -0.464. The third kappa shape index (κ3) is 2.98. The van der Waals surface area contributed by atoms with Gasteiger partial charge in [-0.25, -0.2) is 0 Å². The lowest BCUT2D eigenvalue weighted by Crippen LogP contribution is -2.36. The van der Waals surface area contributed by atoms with Crippen molar-refractivity contribution in [2.24, 2.45) is 11.5 Å². The SMILES string of the molecule is CC(P)C(N)CN. The Hall–Kier alpha value is 0.350. The summed E-state index contributed by atoms with van der Waals surface area (Å²) >= 11 is 0. The molecule has 4 N–H and O–H groups in total. The van der Waals surface area contributed by atoms with Gasteiger partial charge < -0.3 is 11.5 Å². The Kier molecular flexibility index (Phi) is 3.53. The van der Waals surface area contributed by atoms with Crippen LogP contribution >= 0.6 is 9.24 Å². The normalized spacial score (nSPS) is 18.9. The summed E-state index contributed by atoms with van der Waals surface area (Å²) < 4.78 is 0. The van der Waals surface area contributed by atoms with Crippen LogP contribution in [0.4, 0.5) is 0 Å². The van der Waals surface area contributed by atoms with E-state index in [0.717, 1.165) is 0 Å². The van der Waals surface area contributed by atoms with Gasteiger partial charge in [0.25, 0.3) is 0 Å². The standard InChI is InChI=1S/C4H13N2P/c1-3(7)4(6)2-5/h3-4H,2,5-7H2,1H3. The molecular formula is C4H13N2P. The summed E-state index contributed by atoms with van der Waals surface area (Å²) in [4.78, 5) is 0. The van der Waals surface area contributed by atoms with E-state index in [1.54, 1.807) is 0 Å². The molecule has 3 unspecified atom stereocenters. The van der Waals surface area contributed by atoms with E-state index in [2.05, 4.69) is 9.24 Å². The molecule has 0 bridgehead atoms. The largest absolute Gasteiger partial charge is 0.329 e. The van der Waals surface area contributed by atoms with Crippen molar-refractivity contribution in [2.75, 3.05) is 6.54 Å². The molecule has 0 fully saturated rings. The Morgan fingerprint density at radius 1 is 1.71 bits per heavy atom. The monoisotopic (exact) mass is 120 g/mol. The maximum atomic E-state index is 5.47. The van der Waals surface area contributed by atoms with Crippen molar-refractivity contribution in [2.45, 2.75) is 18.6 Å². The van der Waals surface area contributed by atoms with Gasteiger partial charge in [-0.1, -0.05) is 6.92 Å². The van der Waals surface area contributed by atoms with Crippen molar-refractivity contribution < 1.29 is 0 Å². The molecule has 3 heteroatoms. The summed E-state index contributed by atoms with van der Waals surface area (Å²) in [6.07, 6.45) is 0. The molecule has 3 atom stereocenters. The molecule has 0 heterocycles. The van der Waals surface area contributed by atoms with Gasteiger partial charge in [0, 0.05) is 12.6 Å². The summed E-state index contributed by atoms with van der Waals surface area (Å²) in [5, 5.41) is 0. The minimum atomic E-state index is 0.144. The Morgan fingerprint density at radius 3 is 2.14 bits per heavy atom. The Bertz CT molecular complexity index is 47.0. The summed E-state index contributed by atoms with van der Waals surface area (Å²) in [5.74, 6) is 0. The van der Waals surface area contributed by atoms with Crippen molar-refractivity contribution in [1.82, 2.24) is 0 Å². The Morgan fingerprint density at radius 2 is 2.14 bits per heavy atom. The molecule has 0 aliphatic carbocycles. The Balaban J connectivity index is 3.14. The molecule has 0 aliphatic rings. The maximum Gasteiger partial charge on any atom is 0.0224 e. The summed E-state index contributed by atoms with van der Waals surface area (Å²) in [7, 11) is 2.61. The van der Waals surface area contributed by atoms with Crippen molar-refractivity contribution in [3.63, 3.8) is 0 Å². The second-order valence-electron chi connectivity index (χ2n) is 1.76. The first-order valence-corrected chi connectivity index (χ1v) is 3.06. The summed E-state index contributed by atoms with van der Waals surface area (Å²) in [5.41, 5.74) is 11.1. The quantitative estimate of drug-likeness (QED) is 0.484. The topological polar surface area (TPSA) is 52.0 Å². The third-order valence-corrected chi connectivity index (χ3v) is 1.44. The Labute approximate surface area is 46.8 Å². The first kappa shape index (κ1) is 7.35. The molecule has 0 aromatic carbocycles. The van der Waals surface area contributed by atoms with Crippen LogP contribution in [0.5, 0.6) is 0 Å². The van der Waals surface area contributed by atoms with E-state index >= 15 is 0 Å². The van der Waals surface area contributed by atoms with E-state index in [1.807, 2.05) is 6.92 Å². The molecule has 0 aromatic heterocycles. The minimum absolute atomic E-state index is 0.144. The van der Waals surface area contributed by atoms with Crippen LogP contribution in [0.3, 0.4) is 0 Å². The van der Waals surface area contributed by atoms with Crippen LogP contribution in [0.1, 0.15) is 6.92 Å². The summed E-state index contributed by atoms with van der Waals surface area (Å²) in [6, 6.07) is 0.144. The van der Waals surface area contributed by atoms with Crippen molar-refractivity contribution in [3.8, 4) is 0 Å². The molecule has 0 rings (SSSR count). The van der Waals surface area contributed by atoms with Gasteiger partial charge in [-0.05, 0) is 5.66 Å². The first-order chi connectivity index (χ1) is 3.18. The molecule has 0 radical (unpaired) electrons. The average molecular weight is 120 g/mol. The molecule has 2 nitrogen and oxygen atoms in total. The van der Waals surface area contributed by atoms with Gasteiger partial charge in [0.15, 0.2) is 0 Å².